The van der Waals surface area contributed by atoms with E-state index in [1.54, 1.807) is 12.5 Å². The summed E-state index contributed by atoms with van der Waals surface area (Å²) >= 11 is 0. The van der Waals surface area contributed by atoms with Crippen molar-refractivity contribution in [1.29, 1.82) is 0 Å². The zero-order valence-corrected chi connectivity index (χ0v) is 11.1. The molecular weight excluding hydrogens is 242 g/mol. The SMILES string of the molecule is CCCc1cc(C(=O)NCCCn2ccnc2)n[nH]1. The molecule has 2 aromatic heterocycles. The lowest BCUT2D eigenvalue weighted by Crippen LogP contribution is -2.25. The Morgan fingerprint density at radius 3 is 3.16 bits per heavy atom. The Labute approximate surface area is 112 Å². The molecule has 0 saturated heterocycles. The normalized spacial score (nSPS) is 10.6. The first-order valence-corrected chi connectivity index (χ1v) is 6.58. The Hall–Kier alpha value is -2.11. The second-order valence-corrected chi connectivity index (χ2v) is 4.44. The molecule has 0 aliphatic rings. The number of hydrogen-bond donors (Lipinski definition) is 2. The fourth-order valence-corrected chi connectivity index (χ4v) is 1.85. The number of H-pyrrole nitrogens is 1. The molecule has 0 atom stereocenters. The quantitative estimate of drug-likeness (QED) is 0.739. The van der Waals surface area contributed by atoms with Crippen LogP contribution in [0, 0.1) is 0 Å². The largest absolute Gasteiger partial charge is 0.351 e. The van der Waals surface area contributed by atoms with Gasteiger partial charge in [-0.1, -0.05) is 13.3 Å². The molecule has 0 spiro atoms. The van der Waals surface area contributed by atoms with Crippen LogP contribution >= 0.6 is 0 Å². The van der Waals surface area contributed by atoms with Gasteiger partial charge in [-0.25, -0.2) is 4.98 Å². The molecule has 0 unspecified atom stereocenters. The molecule has 2 heterocycles. The molecule has 0 aliphatic heterocycles. The maximum absolute atomic E-state index is 11.8. The monoisotopic (exact) mass is 261 g/mol. The molecule has 102 valence electrons. The van der Waals surface area contributed by atoms with E-state index in [1.165, 1.54) is 0 Å². The van der Waals surface area contributed by atoms with Crippen molar-refractivity contribution in [3.8, 4) is 0 Å². The maximum atomic E-state index is 11.8. The van der Waals surface area contributed by atoms with Crippen LogP contribution in [0.5, 0.6) is 0 Å². The second-order valence-electron chi connectivity index (χ2n) is 4.44. The van der Waals surface area contributed by atoms with Crippen molar-refractivity contribution in [2.24, 2.45) is 0 Å². The highest BCUT2D eigenvalue weighted by Crippen LogP contribution is 2.02. The molecule has 2 rings (SSSR count). The molecule has 19 heavy (non-hydrogen) atoms. The van der Waals surface area contributed by atoms with Crippen LogP contribution in [0.2, 0.25) is 0 Å². The third kappa shape index (κ3) is 3.94. The van der Waals surface area contributed by atoms with Crippen LogP contribution in [0.3, 0.4) is 0 Å². The second kappa shape index (κ2) is 6.72. The van der Waals surface area contributed by atoms with Crippen LogP contribution in [0.15, 0.2) is 24.8 Å². The summed E-state index contributed by atoms with van der Waals surface area (Å²) in [5.74, 6) is -0.121. The number of nitrogens with one attached hydrogen (secondary N) is 2. The molecule has 0 radical (unpaired) electrons. The van der Waals surface area contributed by atoms with Crippen molar-refractivity contribution >= 4 is 5.91 Å². The molecule has 0 bridgehead atoms. The first-order valence-electron chi connectivity index (χ1n) is 6.58. The minimum Gasteiger partial charge on any atom is -0.351 e. The fourth-order valence-electron chi connectivity index (χ4n) is 1.85. The molecule has 6 heteroatoms. The first-order chi connectivity index (χ1) is 9.29. The Balaban J connectivity index is 1.71. The van der Waals surface area contributed by atoms with Gasteiger partial charge in [-0.05, 0) is 18.9 Å². The van der Waals surface area contributed by atoms with E-state index in [1.807, 2.05) is 16.8 Å². The highest BCUT2D eigenvalue weighted by Gasteiger charge is 2.09. The lowest BCUT2D eigenvalue weighted by atomic mass is 10.2. The van der Waals surface area contributed by atoms with Crippen LogP contribution in [-0.2, 0) is 13.0 Å². The minimum atomic E-state index is -0.121. The number of carbonyl (C=O) groups is 1. The van der Waals surface area contributed by atoms with Crippen molar-refractivity contribution in [2.45, 2.75) is 32.7 Å². The van der Waals surface area contributed by atoms with Crippen LogP contribution < -0.4 is 5.32 Å². The van der Waals surface area contributed by atoms with Gasteiger partial charge in [-0.3, -0.25) is 9.89 Å². The number of amides is 1. The topological polar surface area (TPSA) is 75.6 Å². The number of aryl methyl sites for hydroxylation is 2. The lowest BCUT2D eigenvalue weighted by molar-refractivity contribution is 0.0947. The summed E-state index contributed by atoms with van der Waals surface area (Å²) in [4.78, 5) is 15.8. The predicted molar refractivity (Wildman–Crippen MR) is 71.8 cm³/mol. The number of imidazole rings is 1. The highest BCUT2D eigenvalue weighted by molar-refractivity contribution is 5.92. The summed E-state index contributed by atoms with van der Waals surface area (Å²) < 4.78 is 1.99. The first kappa shape index (κ1) is 13.3. The zero-order valence-electron chi connectivity index (χ0n) is 11.1. The van der Waals surface area contributed by atoms with Crippen molar-refractivity contribution in [3.63, 3.8) is 0 Å². The van der Waals surface area contributed by atoms with Crippen LogP contribution in [0.25, 0.3) is 0 Å². The Morgan fingerprint density at radius 1 is 1.53 bits per heavy atom. The number of rotatable bonds is 7. The van der Waals surface area contributed by atoms with Crippen LogP contribution in [-0.4, -0.2) is 32.2 Å². The number of nitrogens with zero attached hydrogens (tertiary/aromatic N) is 3. The lowest BCUT2D eigenvalue weighted by Gasteiger charge is -2.03. The van der Waals surface area contributed by atoms with Gasteiger partial charge < -0.3 is 9.88 Å². The zero-order chi connectivity index (χ0) is 13.5. The van der Waals surface area contributed by atoms with Crippen molar-refractivity contribution < 1.29 is 4.79 Å². The van der Waals surface area contributed by atoms with Crippen molar-refractivity contribution in [2.75, 3.05) is 6.54 Å². The fraction of sp³-hybridized carbons (Fsp3) is 0.462. The summed E-state index contributed by atoms with van der Waals surface area (Å²) in [7, 11) is 0. The molecule has 2 N–H and O–H groups in total. The molecular formula is C13H19N5O. The molecule has 6 nitrogen and oxygen atoms in total. The van der Waals surface area contributed by atoms with E-state index < -0.39 is 0 Å². The van der Waals surface area contributed by atoms with E-state index in [9.17, 15) is 4.79 Å². The molecule has 0 aromatic carbocycles. The minimum absolute atomic E-state index is 0.121. The van der Waals surface area contributed by atoms with E-state index in [4.69, 9.17) is 0 Å². The number of aromatic amines is 1. The Kier molecular flexibility index (Phi) is 4.72. The van der Waals surface area contributed by atoms with E-state index in [2.05, 4.69) is 27.4 Å². The van der Waals surface area contributed by atoms with E-state index in [-0.39, 0.29) is 5.91 Å². The van der Waals surface area contributed by atoms with E-state index >= 15 is 0 Å². The molecule has 0 saturated carbocycles. The van der Waals surface area contributed by atoms with Gasteiger partial charge >= 0.3 is 0 Å². The van der Waals surface area contributed by atoms with E-state index in [0.717, 1.165) is 31.5 Å². The summed E-state index contributed by atoms with van der Waals surface area (Å²) in [5, 5.41) is 9.75. The Morgan fingerprint density at radius 2 is 2.42 bits per heavy atom. The van der Waals surface area contributed by atoms with Gasteiger partial charge in [-0.2, -0.15) is 5.10 Å². The number of carbonyl (C=O) groups excluding carboxylic acids is 1. The molecule has 1 amide bonds. The number of hydrogen-bond acceptors (Lipinski definition) is 3. The third-order valence-electron chi connectivity index (χ3n) is 2.82. The van der Waals surface area contributed by atoms with Gasteiger partial charge in [0.25, 0.3) is 5.91 Å². The average molecular weight is 261 g/mol. The van der Waals surface area contributed by atoms with Crippen LogP contribution in [0.1, 0.15) is 35.9 Å². The summed E-state index contributed by atoms with van der Waals surface area (Å²) in [5.41, 5.74) is 1.47. The van der Waals surface area contributed by atoms with Crippen molar-refractivity contribution in [3.05, 3.63) is 36.2 Å². The van der Waals surface area contributed by atoms with Crippen molar-refractivity contribution in [1.82, 2.24) is 25.1 Å². The van der Waals surface area contributed by atoms with Gasteiger partial charge in [-0.15, -0.1) is 0 Å². The van der Waals surface area contributed by atoms with Crippen LogP contribution in [0.4, 0.5) is 0 Å². The standard InChI is InChI=1S/C13H19N5O/c1-2-4-11-9-12(17-16-11)13(19)15-5-3-7-18-8-6-14-10-18/h6,8-10H,2-5,7H2,1H3,(H,15,19)(H,16,17). The summed E-state index contributed by atoms with van der Waals surface area (Å²) in [6.07, 6.45) is 8.25. The summed E-state index contributed by atoms with van der Waals surface area (Å²) in [6, 6.07) is 1.81. The number of aromatic nitrogens is 4. The molecule has 0 aliphatic carbocycles. The van der Waals surface area contributed by atoms with Gasteiger partial charge in [0.1, 0.15) is 5.69 Å². The smallest absolute Gasteiger partial charge is 0.271 e. The summed E-state index contributed by atoms with van der Waals surface area (Å²) in [6.45, 7) is 3.58. The van der Waals surface area contributed by atoms with Gasteiger partial charge in [0.2, 0.25) is 0 Å². The Bertz CT molecular complexity index is 503. The van der Waals surface area contributed by atoms with E-state index in [0.29, 0.717) is 12.2 Å². The predicted octanol–water partition coefficient (Wildman–Crippen LogP) is 1.38. The third-order valence-corrected chi connectivity index (χ3v) is 2.82. The maximum Gasteiger partial charge on any atom is 0.271 e. The molecule has 2 aromatic rings. The molecule has 0 fully saturated rings. The van der Waals surface area contributed by atoms with Gasteiger partial charge in [0.15, 0.2) is 0 Å². The van der Waals surface area contributed by atoms with Gasteiger partial charge in [0.05, 0.1) is 6.33 Å². The highest BCUT2D eigenvalue weighted by atomic mass is 16.1. The van der Waals surface area contributed by atoms with Gasteiger partial charge in [0, 0.05) is 31.2 Å². The average Bonchev–Trinajstić information content (AvgIpc) is 3.06.